The lowest BCUT2D eigenvalue weighted by molar-refractivity contribution is -0.115. The molecule has 0 saturated heterocycles. The highest BCUT2D eigenvalue weighted by molar-refractivity contribution is 7.85. The average molecular weight is 177 g/mol. The minimum atomic E-state index is -4.26. The molecule has 0 fully saturated rings. The van der Waals surface area contributed by atoms with E-state index in [4.69, 9.17) is 0 Å². The van der Waals surface area contributed by atoms with Crippen molar-refractivity contribution in [2.45, 2.75) is 13.3 Å². The van der Waals surface area contributed by atoms with Gasteiger partial charge in [0.25, 0.3) is 0 Å². The van der Waals surface area contributed by atoms with Crippen molar-refractivity contribution in [1.82, 2.24) is 0 Å². The van der Waals surface area contributed by atoms with E-state index in [1.165, 1.54) is 6.92 Å². The van der Waals surface area contributed by atoms with Crippen LogP contribution < -0.4 is 0 Å². The predicted molar refractivity (Wildman–Crippen MR) is 39.0 cm³/mol. The van der Waals surface area contributed by atoms with E-state index in [0.717, 1.165) is 0 Å². The van der Waals surface area contributed by atoms with Gasteiger partial charge in [0.15, 0.2) is 5.78 Å². The normalized spacial score (nSPS) is 11.1. The molecule has 0 aliphatic rings. The number of hydrogen-bond donors (Lipinski definition) is 0. The Morgan fingerprint density at radius 2 is 2.00 bits per heavy atom. The number of ketones is 1. The van der Waals surface area contributed by atoms with Crippen molar-refractivity contribution in [1.29, 1.82) is 0 Å². The van der Waals surface area contributed by atoms with Crippen molar-refractivity contribution in [2.75, 3.05) is 5.75 Å². The summed E-state index contributed by atoms with van der Waals surface area (Å²) in [4.78, 5) is 10.7. The molecule has 0 amide bonds. The first kappa shape index (κ1) is 10.3. The monoisotopic (exact) mass is 177 g/mol. The first-order valence-electron chi connectivity index (χ1n) is 2.95. The Morgan fingerprint density at radius 3 is 2.27 bits per heavy atom. The number of Topliss-reactive ketones (excluding diaryl/α,β-unsaturated/α-hetero) is 1. The van der Waals surface area contributed by atoms with Gasteiger partial charge in [-0.15, -0.1) is 0 Å². The van der Waals surface area contributed by atoms with E-state index in [9.17, 15) is 17.8 Å². The molecule has 4 nitrogen and oxygen atoms in total. The lowest BCUT2D eigenvalue weighted by Gasteiger charge is -2.04. The molecule has 5 heteroatoms. The van der Waals surface area contributed by atoms with Crippen molar-refractivity contribution >= 4 is 15.9 Å². The van der Waals surface area contributed by atoms with E-state index >= 15 is 0 Å². The molecule has 0 aromatic heterocycles. The van der Waals surface area contributed by atoms with Crippen LogP contribution in [0, 0.1) is 0 Å². The standard InChI is InChI=1S/C6H10O4S/c1-5(2)6(7)3-4-11(8,9)10/h1,3-4H2,2H3,(H,8,9,10)/p-1. The van der Waals surface area contributed by atoms with Crippen LogP contribution in [0.5, 0.6) is 0 Å². The van der Waals surface area contributed by atoms with Crippen LogP contribution in [-0.2, 0) is 14.9 Å². The Balaban J connectivity index is 3.92. The number of rotatable bonds is 4. The van der Waals surface area contributed by atoms with Crippen molar-refractivity contribution in [3.8, 4) is 0 Å². The maximum atomic E-state index is 10.7. The van der Waals surface area contributed by atoms with E-state index < -0.39 is 15.9 Å². The third kappa shape index (κ3) is 5.75. The lowest BCUT2D eigenvalue weighted by Crippen LogP contribution is -2.10. The van der Waals surface area contributed by atoms with Gasteiger partial charge in [-0.1, -0.05) is 6.58 Å². The number of allylic oxidation sites excluding steroid dienone is 1. The van der Waals surface area contributed by atoms with Crippen LogP contribution in [0.1, 0.15) is 13.3 Å². The summed E-state index contributed by atoms with van der Waals surface area (Å²) >= 11 is 0. The fourth-order valence-electron chi connectivity index (χ4n) is 0.431. The summed E-state index contributed by atoms with van der Waals surface area (Å²) in [6, 6.07) is 0. The highest BCUT2D eigenvalue weighted by atomic mass is 32.2. The molecule has 0 aromatic rings. The topological polar surface area (TPSA) is 74.3 Å². The van der Waals surface area contributed by atoms with E-state index in [1.807, 2.05) is 0 Å². The van der Waals surface area contributed by atoms with Gasteiger partial charge >= 0.3 is 0 Å². The molecule has 0 saturated carbocycles. The minimum Gasteiger partial charge on any atom is -0.748 e. The summed E-state index contributed by atoms with van der Waals surface area (Å²) < 4.78 is 30.1. The van der Waals surface area contributed by atoms with Crippen LogP contribution in [0.25, 0.3) is 0 Å². The maximum Gasteiger partial charge on any atom is 0.158 e. The van der Waals surface area contributed by atoms with Gasteiger partial charge in [-0.25, -0.2) is 8.42 Å². The Labute approximate surface area is 65.7 Å². The highest BCUT2D eigenvalue weighted by Gasteiger charge is 2.04. The lowest BCUT2D eigenvalue weighted by atomic mass is 10.2. The summed E-state index contributed by atoms with van der Waals surface area (Å²) in [5.41, 5.74) is 0.272. The molecule has 0 bridgehead atoms. The molecule has 0 heterocycles. The molecular formula is C6H9O4S-. The van der Waals surface area contributed by atoms with Gasteiger partial charge in [0.1, 0.15) is 0 Å². The Bertz CT molecular complexity index is 262. The van der Waals surface area contributed by atoms with Crippen LogP contribution in [0.4, 0.5) is 0 Å². The molecule has 0 rings (SSSR count). The van der Waals surface area contributed by atoms with Crippen molar-refractivity contribution in [2.24, 2.45) is 0 Å². The molecule has 0 aromatic carbocycles. The Morgan fingerprint density at radius 1 is 1.55 bits per heavy atom. The molecule has 0 aliphatic carbocycles. The van der Waals surface area contributed by atoms with Crippen LogP contribution in [0.2, 0.25) is 0 Å². The van der Waals surface area contributed by atoms with Gasteiger partial charge in [-0.2, -0.15) is 0 Å². The van der Waals surface area contributed by atoms with Crippen molar-refractivity contribution in [3.05, 3.63) is 12.2 Å². The molecule has 0 spiro atoms. The maximum absolute atomic E-state index is 10.7. The molecular weight excluding hydrogens is 168 g/mol. The van der Waals surface area contributed by atoms with Crippen LogP contribution in [-0.4, -0.2) is 24.5 Å². The van der Waals surface area contributed by atoms with Crippen LogP contribution >= 0.6 is 0 Å². The van der Waals surface area contributed by atoms with Gasteiger partial charge in [0.05, 0.1) is 10.1 Å². The largest absolute Gasteiger partial charge is 0.748 e. The van der Waals surface area contributed by atoms with Gasteiger partial charge in [0.2, 0.25) is 0 Å². The molecule has 0 N–H and O–H groups in total. The second-order valence-electron chi connectivity index (χ2n) is 2.22. The van der Waals surface area contributed by atoms with Crippen molar-refractivity contribution < 1.29 is 17.8 Å². The van der Waals surface area contributed by atoms with E-state index in [2.05, 4.69) is 6.58 Å². The molecule has 0 radical (unpaired) electrons. The van der Waals surface area contributed by atoms with Gasteiger partial charge in [0, 0.05) is 12.2 Å². The Hall–Kier alpha value is -0.680. The van der Waals surface area contributed by atoms with Gasteiger partial charge in [-0.3, -0.25) is 4.79 Å². The summed E-state index contributed by atoms with van der Waals surface area (Å²) in [6.45, 7) is 4.78. The fraction of sp³-hybridized carbons (Fsp3) is 0.500. The van der Waals surface area contributed by atoms with Crippen LogP contribution in [0.15, 0.2) is 12.2 Å². The van der Waals surface area contributed by atoms with Crippen LogP contribution in [0.3, 0.4) is 0 Å². The second-order valence-corrected chi connectivity index (χ2v) is 3.74. The predicted octanol–water partition coefficient (Wildman–Crippen LogP) is 0.0669. The first-order chi connectivity index (χ1) is 4.83. The van der Waals surface area contributed by atoms with E-state index in [1.54, 1.807) is 0 Å². The first-order valence-corrected chi connectivity index (χ1v) is 4.53. The van der Waals surface area contributed by atoms with E-state index in [0.29, 0.717) is 0 Å². The van der Waals surface area contributed by atoms with Gasteiger partial charge < -0.3 is 4.55 Å². The van der Waals surface area contributed by atoms with Gasteiger partial charge in [-0.05, 0) is 12.5 Å². The SMILES string of the molecule is C=C(C)C(=O)CCS(=O)(=O)[O-]. The third-order valence-electron chi connectivity index (χ3n) is 1.06. The summed E-state index contributed by atoms with van der Waals surface area (Å²) in [5, 5.41) is 0. The second kappa shape index (κ2) is 3.64. The quantitative estimate of drug-likeness (QED) is 0.449. The molecule has 64 valence electrons. The zero-order valence-corrected chi connectivity index (χ0v) is 6.98. The average Bonchev–Trinajstić information content (AvgIpc) is 1.80. The summed E-state index contributed by atoms with van der Waals surface area (Å²) in [6.07, 6.45) is -0.263. The summed E-state index contributed by atoms with van der Waals surface area (Å²) in [5.74, 6) is -1.02. The highest BCUT2D eigenvalue weighted by Crippen LogP contribution is 1.97. The Kier molecular flexibility index (Phi) is 3.41. The zero-order chi connectivity index (χ0) is 9.07. The van der Waals surface area contributed by atoms with E-state index in [-0.39, 0.29) is 17.8 Å². The number of carbonyl (C=O) groups is 1. The molecule has 11 heavy (non-hydrogen) atoms. The number of hydrogen-bond acceptors (Lipinski definition) is 4. The minimum absolute atomic E-state index is 0.263. The molecule has 0 aliphatic heterocycles. The zero-order valence-electron chi connectivity index (χ0n) is 6.16. The number of carbonyl (C=O) groups excluding carboxylic acids is 1. The smallest absolute Gasteiger partial charge is 0.158 e. The fourth-order valence-corrected chi connectivity index (χ4v) is 0.866. The molecule has 0 unspecified atom stereocenters. The van der Waals surface area contributed by atoms with Crippen molar-refractivity contribution in [3.63, 3.8) is 0 Å². The molecule has 0 atom stereocenters. The third-order valence-corrected chi connectivity index (χ3v) is 1.76. The summed E-state index contributed by atoms with van der Waals surface area (Å²) in [7, 11) is -4.26.